The summed E-state index contributed by atoms with van der Waals surface area (Å²) in [6.07, 6.45) is 5.66. The SMILES string of the molecule is O=C(N[C@@]1(c2ccccc2)CCN(Cc2ccc(Cl)s2)C[C@H]1O)C1CC=CC1. The average molecular weight is 417 g/mol. The third-order valence-electron chi connectivity index (χ3n) is 5.84. The van der Waals surface area contributed by atoms with Gasteiger partial charge in [0.25, 0.3) is 0 Å². The summed E-state index contributed by atoms with van der Waals surface area (Å²) < 4.78 is 0.781. The third kappa shape index (κ3) is 4.03. The Labute approximate surface area is 174 Å². The number of hydrogen-bond donors (Lipinski definition) is 2. The first-order chi connectivity index (χ1) is 13.6. The Hall–Kier alpha value is -1.66. The fraction of sp³-hybridized carbons (Fsp3) is 0.409. The first-order valence-electron chi connectivity index (χ1n) is 9.74. The molecule has 1 aliphatic heterocycles. The molecule has 6 heteroatoms. The molecule has 2 aromatic rings. The monoisotopic (exact) mass is 416 g/mol. The van der Waals surface area contributed by atoms with Gasteiger partial charge in [-0.1, -0.05) is 54.1 Å². The van der Waals surface area contributed by atoms with Crippen LogP contribution in [0.1, 0.15) is 29.7 Å². The first kappa shape index (κ1) is 19.6. The Morgan fingerprint density at radius 2 is 1.96 bits per heavy atom. The number of aliphatic hydroxyl groups excluding tert-OH is 1. The van der Waals surface area contributed by atoms with Crippen LogP contribution >= 0.6 is 22.9 Å². The maximum Gasteiger partial charge on any atom is 0.224 e. The summed E-state index contributed by atoms with van der Waals surface area (Å²) in [5.41, 5.74) is 0.227. The van der Waals surface area contributed by atoms with E-state index in [1.807, 2.05) is 42.5 Å². The van der Waals surface area contributed by atoms with E-state index in [1.54, 1.807) is 11.3 Å². The Bertz CT molecular complexity index is 845. The van der Waals surface area contributed by atoms with E-state index >= 15 is 0 Å². The molecule has 1 aromatic carbocycles. The number of nitrogens with zero attached hydrogens (tertiary/aromatic N) is 1. The number of β-amino-alcohol motifs (C(OH)–C–C–N with tert-alkyl or cyclic N) is 1. The van der Waals surface area contributed by atoms with E-state index < -0.39 is 11.6 Å². The fourth-order valence-electron chi connectivity index (χ4n) is 4.24. The summed E-state index contributed by atoms with van der Waals surface area (Å²) in [5.74, 6) is 0.00506. The van der Waals surface area contributed by atoms with Gasteiger partial charge in [-0.2, -0.15) is 0 Å². The molecule has 0 bridgehead atoms. The number of carbonyl (C=O) groups excluding carboxylic acids is 1. The first-order valence-corrected chi connectivity index (χ1v) is 10.9. The molecule has 0 spiro atoms. The number of aliphatic hydroxyl groups is 1. The molecule has 0 radical (unpaired) electrons. The predicted molar refractivity (Wildman–Crippen MR) is 113 cm³/mol. The number of likely N-dealkylation sites (tertiary alicyclic amines) is 1. The minimum absolute atomic E-state index is 0.0286. The number of carbonyl (C=O) groups is 1. The Kier molecular flexibility index (Phi) is 5.88. The van der Waals surface area contributed by atoms with Gasteiger partial charge < -0.3 is 10.4 Å². The lowest BCUT2D eigenvalue weighted by molar-refractivity contribution is -0.130. The largest absolute Gasteiger partial charge is 0.389 e. The van der Waals surface area contributed by atoms with Gasteiger partial charge in [0.1, 0.15) is 0 Å². The lowest BCUT2D eigenvalue weighted by atomic mass is 9.78. The molecule has 1 saturated heterocycles. The van der Waals surface area contributed by atoms with E-state index in [2.05, 4.69) is 22.4 Å². The van der Waals surface area contributed by atoms with Crippen LogP contribution in [0, 0.1) is 5.92 Å². The van der Waals surface area contributed by atoms with Gasteiger partial charge in [-0.3, -0.25) is 9.69 Å². The number of allylic oxidation sites excluding steroid dienone is 2. The van der Waals surface area contributed by atoms with Gasteiger partial charge >= 0.3 is 0 Å². The lowest BCUT2D eigenvalue weighted by Gasteiger charge is -2.46. The summed E-state index contributed by atoms with van der Waals surface area (Å²) in [4.78, 5) is 16.3. The lowest BCUT2D eigenvalue weighted by Crippen LogP contribution is -2.62. The number of halogens is 1. The normalized spacial score (nSPS) is 25.9. The van der Waals surface area contributed by atoms with Crippen LogP contribution in [0.2, 0.25) is 4.34 Å². The molecule has 0 unspecified atom stereocenters. The van der Waals surface area contributed by atoms with E-state index in [1.165, 1.54) is 4.88 Å². The molecule has 4 nitrogen and oxygen atoms in total. The Balaban J connectivity index is 1.53. The van der Waals surface area contributed by atoms with Gasteiger partial charge in [0, 0.05) is 30.4 Å². The molecule has 2 atom stereocenters. The van der Waals surface area contributed by atoms with Crippen LogP contribution in [0.3, 0.4) is 0 Å². The van der Waals surface area contributed by atoms with Gasteiger partial charge in [-0.15, -0.1) is 11.3 Å². The van der Waals surface area contributed by atoms with Crippen LogP contribution < -0.4 is 5.32 Å². The number of benzene rings is 1. The number of hydrogen-bond acceptors (Lipinski definition) is 4. The highest BCUT2D eigenvalue weighted by Gasteiger charge is 2.45. The van der Waals surface area contributed by atoms with E-state index in [-0.39, 0.29) is 11.8 Å². The zero-order chi connectivity index (χ0) is 19.6. The number of rotatable bonds is 5. The molecule has 1 aliphatic carbocycles. The van der Waals surface area contributed by atoms with E-state index in [0.717, 1.165) is 35.8 Å². The number of piperidine rings is 1. The zero-order valence-electron chi connectivity index (χ0n) is 15.7. The third-order valence-corrected chi connectivity index (χ3v) is 7.06. The number of thiophene rings is 1. The van der Waals surface area contributed by atoms with Crippen LogP contribution in [0.25, 0.3) is 0 Å². The van der Waals surface area contributed by atoms with Crippen molar-refractivity contribution in [3.63, 3.8) is 0 Å². The molecule has 1 amide bonds. The Morgan fingerprint density at radius 3 is 2.61 bits per heavy atom. The molecular formula is C22H25ClN2O2S. The van der Waals surface area contributed by atoms with Crippen molar-refractivity contribution in [2.75, 3.05) is 13.1 Å². The maximum atomic E-state index is 12.9. The Morgan fingerprint density at radius 1 is 1.21 bits per heavy atom. The molecule has 4 rings (SSSR count). The highest BCUT2D eigenvalue weighted by atomic mass is 35.5. The summed E-state index contributed by atoms with van der Waals surface area (Å²) in [5, 5.41) is 14.5. The predicted octanol–water partition coefficient (Wildman–Crippen LogP) is 3.95. The minimum atomic E-state index is -0.746. The van der Waals surface area contributed by atoms with E-state index in [9.17, 15) is 9.90 Å². The molecule has 148 valence electrons. The second-order valence-electron chi connectivity index (χ2n) is 7.67. The molecule has 2 aliphatic rings. The van der Waals surface area contributed by atoms with Crippen molar-refractivity contribution < 1.29 is 9.90 Å². The topological polar surface area (TPSA) is 52.6 Å². The quantitative estimate of drug-likeness (QED) is 0.726. The van der Waals surface area contributed by atoms with Crippen molar-refractivity contribution >= 4 is 28.8 Å². The molecule has 1 fully saturated rings. The molecule has 2 N–H and O–H groups in total. The van der Waals surface area contributed by atoms with Crippen molar-refractivity contribution in [1.29, 1.82) is 0 Å². The fourth-order valence-corrected chi connectivity index (χ4v) is 5.37. The zero-order valence-corrected chi connectivity index (χ0v) is 17.3. The highest BCUT2D eigenvalue weighted by Crippen LogP contribution is 2.35. The van der Waals surface area contributed by atoms with Crippen molar-refractivity contribution in [2.45, 2.75) is 37.5 Å². The van der Waals surface area contributed by atoms with Crippen molar-refractivity contribution in [1.82, 2.24) is 10.2 Å². The molecule has 28 heavy (non-hydrogen) atoms. The van der Waals surface area contributed by atoms with E-state index in [0.29, 0.717) is 13.0 Å². The maximum absolute atomic E-state index is 12.9. The standard InChI is InChI=1S/C22H25ClN2O2S/c23-20-11-10-18(28-20)14-25-13-12-22(19(26)15-25,17-8-2-1-3-9-17)24-21(27)16-6-4-5-7-16/h1-5,8-11,16,19,26H,6-7,12-15H2,(H,24,27)/t19-,22-/m1/s1. The van der Waals surface area contributed by atoms with Crippen LogP contribution in [-0.2, 0) is 16.9 Å². The van der Waals surface area contributed by atoms with Crippen molar-refractivity contribution in [2.24, 2.45) is 5.92 Å². The van der Waals surface area contributed by atoms with Crippen LogP contribution in [-0.4, -0.2) is 35.1 Å². The smallest absolute Gasteiger partial charge is 0.224 e. The molecular weight excluding hydrogens is 392 g/mol. The van der Waals surface area contributed by atoms with Crippen LogP contribution in [0.15, 0.2) is 54.6 Å². The van der Waals surface area contributed by atoms with E-state index in [4.69, 9.17) is 11.6 Å². The van der Waals surface area contributed by atoms with Gasteiger partial charge in [0.05, 0.1) is 16.0 Å². The molecule has 1 aromatic heterocycles. The summed E-state index contributed by atoms with van der Waals surface area (Å²) in [6, 6.07) is 13.8. The van der Waals surface area contributed by atoms with Gasteiger partial charge in [0.2, 0.25) is 5.91 Å². The highest BCUT2D eigenvalue weighted by molar-refractivity contribution is 7.16. The second kappa shape index (κ2) is 8.37. The van der Waals surface area contributed by atoms with Gasteiger partial charge in [-0.25, -0.2) is 0 Å². The average Bonchev–Trinajstić information content (AvgIpc) is 3.37. The molecule has 0 saturated carbocycles. The minimum Gasteiger partial charge on any atom is -0.389 e. The molecule has 2 heterocycles. The summed E-state index contributed by atoms with van der Waals surface area (Å²) in [7, 11) is 0. The van der Waals surface area contributed by atoms with Crippen molar-refractivity contribution in [3.05, 3.63) is 69.4 Å². The van der Waals surface area contributed by atoms with Gasteiger partial charge in [-0.05, 0) is 37.0 Å². The van der Waals surface area contributed by atoms with Crippen molar-refractivity contribution in [3.8, 4) is 0 Å². The number of amides is 1. The van der Waals surface area contributed by atoms with Crippen LogP contribution in [0.4, 0.5) is 0 Å². The summed E-state index contributed by atoms with van der Waals surface area (Å²) >= 11 is 7.62. The summed E-state index contributed by atoms with van der Waals surface area (Å²) in [6.45, 7) is 2.07. The number of nitrogens with one attached hydrogen (secondary N) is 1. The van der Waals surface area contributed by atoms with Crippen LogP contribution in [0.5, 0.6) is 0 Å². The second-order valence-corrected chi connectivity index (χ2v) is 9.47. The van der Waals surface area contributed by atoms with Gasteiger partial charge in [0.15, 0.2) is 0 Å².